The second kappa shape index (κ2) is 6.84. The first-order valence-electron chi connectivity index (χ1n) is 5.76. The Bertz CT molecular complexity index is 380. The molecule has 1 rings (SSSR count). The van der Waals surface area contributed by atoms with E-state index >= 15 is 0 Å². The quantitative estimate of drug-likeness (QED) is 0.767. The molecule has 0 unspecified atom stereocenters. The molecule has 0 aromatic heterocycles. The van der Waals surface area contributed by atoms with Gasteiger partial charge in [-0.25, -0.2) is 0 Å². The Hall–Kier alpha value is -0.770. The van der Waals surface area contributed by atoms with Gasteiger partial charge in [0.05, 0.1) is 13.7 Å². The van der Waals surface area contributed by atoms with E-state index in [0.717, 1.165) is 40.4 Å². The van der Waals surface area contributed by atoms with Crippen LogP contribution in [0.3, 0.4) is 0 Å². The smallest absolute Gasteiger partial charge is 0.122 e. The predicted octanol–water partition coefficient (Wildman–Crippen LogP) is 2.09. The average molecular weight is 258 g/mol. The molecule has 4 heteroatoms. The van der Waals surface area contributed by atoms with E-state index in [-0.39, 0.29) is 6.61 Å². The summed E-state index contributed by atoms with van der Waals surface area (Å²) in [4.78, 5) is 0. The van der Waals surface area contributed by atoms with Crippen molar-refractivity contribution in [2.75, 3.05) is 26.8 Å². The van der Waals surface area contributed by atoms with E-state index < -0.39 is 0 Å². The number of hydrogen-bond acceptors (Lipinski definition) is 3. The Labute approximate surface area is 108 Å². The number of ether oxygens (including phenoxy) is 1. The summed E-state index contributed by atoms with van der Waals surface area (Å²) < 4.78 is 5.38. The molecule has 0 aliphatic carbocycles. The fourth-order valence-electron chi connectivity index (χ4n) is 1.87. The summed E-state index contributed by atoms with van der Waals surface area (Å²) in [6.45, 7) is 5.56. The van der Waals surface area contributed by atoms with Crippen molar-refractivity contribution in [3.8, 4) is 5.75 Å². The number of hydrogen-bond donors (Lipinski definition) is 2. The van der Waals surface area contributed by atoms with Crippen LogP contribution in [0.1, 0.15) is 16.7 Å². The Morgan fingerprint density at radius 3 is 2.65 bits per heavy atom. The molecule has 0 fully saturated rings. The SMILES string of the molecule is COc1cc(C)c(Cl)c(C)c1CCNCCO. The minimum Gasteiger partial charge on any atom is -0.496 e. The topological polar surface area (TPSA) is 41.5 Å². The number of benzene rings is 1. The number of halogens is 1. The number of rotatable bonds is 6. The lowest BCUT2D eigenvalue weighted by atomic mass is 10.0. The molecule has 0 heterocycles. The second-order valence-electron chi connectivity index (χ2n) is 4.04. The minimum absolute atomic E-state index is 0.158. The summed E-state index contributed by atoms with van der Waals surface area (Å²) in [7, 11) is 1.67. The lowest BCUT2D eigenvalue weighted by Crippen LogP contribution is -2.21. The number of aliphatic hydroxyl groups is 1. The van der Waals surface area contributed by atoms with Crippen LogP contribution < -0.4 is 10.1 Å². The zero-order chi connectivity index (χ0) is 12.8. The summed E-state index contributed by atoms with van der Waals surface area (Å²) in [5.41, 5.74) is 3.25. The van der Waals surface area contributed by atoms with Gasteiger partial charge in [-0.05, 0) is 49.6 Å². The summed E-state index contributed by atoms with van der Waals surface area (Å²) >= 11 is 6.24. The zero-order valence-corrected chi connectivity index (χ0v) is 11.4. The van der Waals surface area contributed by atoms with E-state index in [2.05, 4.69) is 5.32 Å². The van der Waals surface area contributed by atoms with Gasteiger partial charge in [0.25, 0.3) is 0 Å². The van der Waals surface area contributed by atoms with E-state index in [1.807, 2.05) is 19.9 Å². The number of nitrogens with one attached hydrogen (secondary N) is 1. The van der Waals surface area contributed by atoms with Gasteiger partial charge >= 0.3 is 0 Å². The highest BCUT2D eigenvalue weighted by molar-refractivity contribution is 6.32. The normalized spacial score (nSPS) is 10.6. The Balaban J connectivity index is 2.85. The Morgan fingerprint density at radius 1 is 1.35 bits per heavy atom. The van der Waals surface area contributed by atoms with Gasteiger partial charge in [0.15, 0.2) is 0 Å². The third-order valence-electron chi connectivity index (χ3n) is 2.83. The molecule has 0 atom stereocenters. The first-order chi connectivity index (χ1) is 8.11. The van der Waals surface area contributed by atoms with E-state index in [4.69, 9.17) is 21.4 Å². The minimum atomic E-state index is 0.158. The van der Waals surface area contributed by atoms with Crippen LogP contribution in [0.5, 0.6) is 5.75 Å². The van der Waals surface area contributed by atoms with Crippen LogP contribution in [-0.4, -0.2) is 31.9 Å². The van der Waals surface area contributed by atoms with Crippen LogP contribution in [0.4, 0.5) is 0 Å². The highest BCUT2D eigenvalue weighted by Crippen LogP contribution is 2.31. The first-order valence-corrected chi connectivity index (χ1v) is 6.13. The van der Waals surface area contributed by atoms with Crippen molar-refractivity contribution in [2.45, 2.75) is 20.3 Å². The first kappa shape index (κ1) is 14.3. The van der Waals surface area contributed by atoms with Crippen LogP contribution in [-0.2, 0) is 6.42 Å². The number of methoxy groups -OCH3 is 1. The highest BCUT2D eigenvalue weighted by atomic mass is 35.5. The molecule has 0 aliphatic heterocycles. The van der Waals surface area contributed by atoms with E-state index in [9.17, 15) is 0 Å². The number of aryl methyl sites for hydroxylation is 1. The van der Waals surface area contributed by atoms with Gasteiger partial charge in [0.1, 0.15) is 5.75 Å². The molecule has 0 spiro atoms. The molecule has 1 aromatic rings. The second-order valence-corrected chi connectivity index (χ2v) is 4.41. The van der Waals surface area contributed by atoms with Crippen molar-refractivity contribution in [2.24, 2.45) is 0 Å². The van der Waals surface area contributed by atoms with Crippen LogP contribution >= 0.6 is 11.6 Å². The van der Waals surface area contributed by atoms with Gasteiger partial charge in [-0.3, -0.25) is 0 Å². The molecule has 0 saturated heterocycles. The molecule has 17 heavy (non-hydrogen) atoms. The fourth-order valence-corrected chi connectivity index (χ4v) is 2.04. The van der Waals surface area contributed by atoms with Crippen molar-refractivity contribution >= 4 is 11.6 Å². The Morgan fingerprint density at radius 2 is 2.06 bits per heavy atom. The van der Waals surface area contributed by atoms with Gasteiger partial charge < -0.3 is 15.2 Å². The van der Waals surface area contributed by atoms with Gasteiger partial charge in [-0.1, -0.05) is 11.6 Å². The largest absolute Gasteiger partial charge is 0.496 e. The van der Waals surface area contributed by atoms with Crippen molar-refractivity contribution in [3.63, 3.8) is 0 Å². The third-order valence-corrected chi connectivity index (χ3v) is 3.41. The van der Waals surface area contributed by atoms with E-state index in [1.54, 1.807) is 7.11 Å². The predicted molar refractivity (Wildman–Crippen MR) is 71.1 cm³/mol. The summed E-state index contributed by atoms with van der Waals surface area (Å²) in [5.74, 6) is 0.884. The third kappa shape index (κ3) is 3.60. The van der Waals surface area contributed by atoms with Gasteiger partial charge in [0, 0.05) is 11.6 Å². The zero-order valence-electron chi connectivity index (χ0n) is 10.6. The van der Waals surface area contributed by atoms with Crippen molar-refractivity contribution in [1.82, 2.24) is 5.32 Å². The maximum absolute atomic E-state index is 8.69. The maximum Gasteiger partial charge on any atom is 0.122 e. The van der Waals surface area contributed by atoms with Crippen molar-refractivity contribution < 1.29 is 9.84 Å². The highest BCUT2D eigenvalue weighted by Gasteiger charge is 2.12. The molecule has 0 amide bonds. The number of aliphatic hydroxyl groups excluding tert-OH is 1. The summed E-state index contributed by atoms with van der Waals surface area (Å²) in [6, 6.07) is 1.97. The van der Waals surface area contributed by atoms with E-state index in [1.165, 1.54) is 0 Å². The molecular formula is C13H20ClNO2. The standard InChI is InChI=1S/C13H20ClNO2/c1-9-8-12(17-3)11(10(2)13(9)14)4-5-15-6-7-16/h8,15-16H,4-7H2,1-3H3. The maximum atomic E-state index is 8.69. The van der Waals surface area contributed by atoms with Gasteiger partial charge in [-0.2, -0.15) is 0 Å². The molecule has 3 nitrogen and oxygen atoms in total. The molecule has 0 saturated carbocycles. The molecule has 96 valence electrons. The fraction of sp³-hybridized carbons (Fsp3) is 0.538. The lowest BCUT2D eigenvalue weighted by molar-refractivity contribution is 0.292. The molecular weight excluding hydrogens is 238 g/mol. The van der Waals surface area contributed by atoms with Crippen molar-refractivity contribution in [1.29, 1.82) is 0 Å². The molecule has 0 aliphatic rings. The molecule has 0 bridgehead atoms. The van der Waals surface area contributed by atoms with Crippen LogP contribution in [0.25, 0.3) is 0 Å². The van der Waals surface area contributed by atoms with Crippen molar-refractivity contribution in [3.05, 3.63) is 27.8 Å². The lowest BCUT2D eigenvalue weighted by Gasteiger charge is -2.15. The van der Waals surface area contributed by atoms with Gasteiger partial charge in [0.2, 0.25) is 0 Å². The van der Waals surface area contributed by atoms with Gasteiger partial charge in [-0.15, -0.1) is 0 Å². The molecule has 1 aromatic carbocycles. The molecule has 0 radical (unpaired) electrons. The van der Waals surface area contributed by atoms with Crippen LogP contribution in [0, 0.1) is 13.8 Å². The van der Waals surface area contributed by atoms with Crippen LogP contribution in [0.15, 0.2) is 6.07 Å². The summed E-state index contributed by atoms with van der Waals surface area (Å²) in [5, 5.41) is 12.6. The molecule has 2 N–H and O–H groups in total. The average Bonchev–Trinajstić information content (AvgIpc) is 2.33. The monoisotopic (exact) mass is 257 g/mol. The summed E-state index contributed by atoms with van der Waals surface area (Å²) in [6.07, 6.45) is 0.842. The Kier molecular flexibility index (Phi) is 5.75. The van der Waals surface area contributed by atoms with Crippen LogP contribution in [0.2, 0.25) is 5.02 Å². The van der Waals surface area contributed by atoms with E-state index in [0.29, 0.717) is 6.54 Å².